The second kappa shape index (κ2) is 7.26. The summed E-state index contributed by atoms with van der Waals surface area (Å²) in [7, 11) is 1.61. The van der Waals surface area contributed by atoms with E-state index in [4.69, 9.17) is 9.26 Å². The summed E-state index contributed by atoms with van der Waals surface area (Å²) in [5.41, 5.74) is 0.622. The maximum Gasteiger partial charge on any atom is 0.226 e. The zero-order valence-corrected chi connectivity index (χ0v) is 14.0. The van der Waals surface area contributed by atoms with Gasteiger partial charge in [0.2, 0.25) is 11.8 Å². The lowest BCUT2D eigenvalue weighted by atomic mass is 9.96. The van der Waals surface area contributed by atoms with Crippen LogP contribution in [0.25, 0.3) is 0 Å². The number of hydrogen-bond acceptors (Lipinski definition) is 5. The summed E-state index contributed by atoms with van der Waals surface area (Å²) in [5.74, 6) is 1.99. The quantitative estimate of drug-likeness (QED) is 0.884. The molecule has 1 heterocycles. The Bertz CT molecular complexity index is 642. The molecular weight excluding hydrogens is 294 g/mol. The summed E-state index contributed by atoms with van der Waals surface area (Å²) in [6.07, 6.45) is 1.66. The molecule has 1 amide bonds. The average molecular weight is 317 g/mol. The van der Waals surface area contributed by atoms with Gasteiger partial charge in [0.05, 0.1) is 7.11 Å². The first-order valence-electron chi connectivity index (χ1n) is 7.65. The first-order chi connectivity index (χ1) is 10.9. The number of carbonyl (C=O) groups is 1. The zero-order chi connectivity index (χ0) is 16.9. The molecular formula is C17H23N3O3. The molecule has 1 N–H and O–H groups in total. The van der Waals surface area contributed by atoms with Gasteiger partial charge in [-0.15, -0.1) is 0 Å². The Labute approximate surface area is 136 Å². The standard InChI is InChI=1S/C17H23N3O3/c1-17(2,3)16-19-15(23-20-16)7-5-6-14(21)18-12-8-10-13(22-4)11-9-12/h8-11H,5-7H2,1-4H3,(H,18,21). The Kier molecular flexibility index (Phi) is 5.36. The molecule has 2 rings (SSSR count). The van der Waals surface area contributed by atoms with Crippen molar-refractivity contribution in [2.24, 2.45) is 0 Å². The molecule has 0 spiro atoms. The van der Waals surface area contributed by atoms with E-state index in [1.807, 2.05) is 45.0 Å². The molecule has 124 valence electrons. The highest BCUT2D eigenvalue weighted by Crippen LogP contribution is 2.19. The fourth-order valence-corrected chi connectivity index (χ4v) is 1.96. The van der Waals surface area contributed by atoms with E-state index in [1.165, 1.54) is 0 Å². The van der Waals surface area contributed by atoms with Gasteiger partial charge < -0.3 is 14.6 Å². The molecule has 0 aliphatic rings. The minimum Gasteiger partial charge on any atom is -0.497 e. The highest BCUT2D eigenvalue weighted by Gasteiger charge is 2.20. The number of carbonyl (C=O) groups excluding carboxylic acids is 1. The summed E-state index contributed by atoms with van der Waals surface area (Å²) >= 11 is 0. The van der Waals surface area contributed by atoms with Crippen LogP contribution in [0.1, 0.15) is 45.3 Å². The van der Waals surface area contributed by atoms with Crippen molar-refractivity contribution in [3.8, 4) is 5.75 Å². The van der Waals surface area contributed by atoms with Gasteiger partial charge in [0.25, 0.3) is 0 Å². The van der Waals surface area contributed by atoms with E-state index in [0.29, 0.717) is 31.0 Å². The maximum absolute atomic E-state index is 11.9. The fraction of sp³-hybridized carbons (Fsp3) is 0.471. The van der Waals surface area contributed by atoms with E-state index < -0.39 is 0 Å². The van der Waals surface area contributed by atoms with Gasteiger partial charge in [-0.05, 0) is 30.7 Å². The predicted molar refractivity (Wildman–Crippen MR) is 87.6 cm³/mol. The van der Waals surface area contributed by atoms with Crippen molar-refractivity contribution in [3.05, 3.63) is 36.0 Å². The van der Waals surface area contributed by atoms with E-state index in [-0.39, 0.29) is 11.3 Å². The lowest BCUT2D eigenvalue weighted by Gasteiger charge is -2.10. The van der Waals surface area contributed by atoms with Gasteiger partial charge >= 0.3 is 0 Å². The van der Waals surface area contributed by atoms with Crippen molar-refractivity contribution in [1.29, 1.82) is 0 Å². The molecule has 0 unspecified atom stereocenters. The third kappa shape index (κ3) is 5.09. The van der Waals surface area contributed by atoms with E-state index in [0.717, 1.165) is 11.4 Å². The van der Waals surface area contributed by atoms with Gasteiger partial charge in [0.15, 0.2) is 5.82 Å². The predicted octanol–water partition coefficient (Wildman–Crippen LogP) is 3.34. The van der Waals surface area contributed by atoms with Crippen molar-refractivity contribution >= 4 is 11.6 Å². The number of hydrogen-bond donors (Lipinski definition) is 1. The van der Waals surface area contributed by atoms with Crippen LogP contribution in [0.5, 0.6) is 5.75 Å². The van der Waals surface area contributed by atoms with E-state index in [9.17, 15) is 4.79 Å². The van der Waals surface area contributed by atoms with Gasteiger partial charge in [-0.3, -0.25) is 4.79 Å². The number of methoxy groups -OCH3 is 1. The van der Waals surface area contributed by atoms with Crippen molar-refractivity contribution in [3.63, 3.8) is 0 Å². The van der Waals surface area contributed by atoms with Gasteiger partial charge in [-0.25, -0.2) is 0 Å². The number of aromatic nitrogens is 2. The molecule has 1 aromatic carbocycles. The van der Waals surface area contributed by atoms with E-state index in [2.05, 4.69) is 15.5 Å². The van der Waals surface area contributed by atoms with Crippen LogP contribution in [0.3, 0.4) is 0 Å². The van der Waals surface area contributed by atoms with Crippen LogP contribution in [0.2, 0.25) is 0 Å². The zero-order valence-electron chi connectivity index (χ0n) is 14.0. The molecule has 6 heteroatoms. The SMILES string of the molecule is COc1ccc(NC(=O)CCCc2nc(C(C)(C)C)no2)cc1. The number of nitrogens with zero attached hydrogens (tertiary/aromatic N) is 2. The highest BCUT2D eigenvalue weighted by molar-refractivity contribution is 5.90. The van der Waals surface area contributed by atoms with E-state index >= 15 is 0 Å². The van der Waals surface area contributed by atoms with Crippen molar-refractivity contribution in [2.45, 2.75) is 45.4 Å². The molecule has 0 saturated heterocycles. The monoisotopic (exact) mass is 317 g/mol. The average Bonchev–Trinajstić information content (AvgIpc) is 2.97. The molecule has 0 bridgehead atoms. The van der Waals surface area contributed by atoms with Gasteiger partial charge in [0, 0.05) is 23.9 Å². The second-order valence-electron chi connectivity index (χ2n) is 6.39. The second-order valence-corrected chi connectivity index (χ2v) is 6.39. The first-order valence-corrected chi connectivity index (χ1v) is 7.65. The lowest BCUT2D eigenvalue weighted by molar-refractivity contribution is -0.116. The minimum atomic E-state index is -0.131. The number of rotatable bonds is 6. The summed E-state index contributed by atoms with van der Waals surface area (Å²) < 4.78 is 10.3. The molecule has 0 fully saturated rings. The fourth-order valence-electron chi connectivity index (χ4n) is 1.96. The molecule has 23 heavy (non-hydrogen) atoms. The number of nitrogens with one attached hydrogen (secondary N) is 1. The van der Waals surface area contributed by atoms with Crippen molar-refractivity contribution in [1.82, 2.24) is 10.1 Å². The molecule has 2 aromatic rings. The third-order valence-corrected chi connectivity index (χ3v) is 3.31. The van der Waals surface area contributed by atoms with Gasteiger partial charge in [-0.2, -0.15) is 4.98 Å². The Balaban J connectivity index is 1.77. The van der Waals surface area contributed by atoms with Gasteiger partial charge in [-0.1, -0.05) is 25.9 Å². The summed E-state index contributed by atoms with van der Waals surface area (Å²) in [4.78, 5) is 16.3. The number of aryl methyl sites for hydroxylation is 1. The van der Waals surface area contributed by atoms with Crippen LogP contribution in [-0.4, -0.2) is 23.2 Å². The number of benzene rings is 1. The largest absolute Gasteiger partial charge is 0.497 e. The molecule has 0 aliphatic carbocycles. The Hall–Kier alpha value is -2.37. The molecule has 6 nitrogen and oxygen atoms in total. The molecule has 0 atom stereocenters. The number of amides is 1. The number of ether oxygens (including phenoxy) is 1. The molecule has 0 saturated carbocycles. The first kappa shape index (κ1) is 17.0. The van der Waals surface area contributed by atoms with Crippen LogP contribution in [0, 0.1) is 0 Å². The van der Waals surface area contributed by atoms with Crippen molar-refractivity contribution in [2.75, 3.05) is 12.4 Å². The summed E-state index contributed by atoms with van der Waals surface area (Å²) in [6, 6.07) is 7.23. The lowest BCUT2D eigenvalue weighted by Crippen LogP contribution is -2.13. The van der Waals surface area contributed by atoms with Crippen LogP contribution >= 0.6 is 0 Å². The minimum absolute atomic E-state index is 0.0364. The molecule has 0 aliphatic heterocycles. The van der Waals surface area contributed by atoms with Crippen LogP contribution in [-0.2, 0) is 16.6 Å². The maximum atomic E-state index is 11.9. The van der Waals surface area contributed by atoms with Gasteiger partial charge in [0.1, 0.15) is 5.75 Å². The number of anilines is 1. The van der Waals surface area contributed by atoms with E-state index in [1.54, 1.807) is 7.11 Å². The Morgan fingerprint density at radius 3 is 2.52 bits per heavy atom. The molecule has 0 radical (unpaired) electrons. The van der Waals surface area contributed by atoms with Crippen LogP contribution in [0.4, 0.5) is 5.69 Å². The normalized spacial score (nSPS) is 11.3. The summed E-state index contributed by atoms with van der Waals surface area (Å²) in [5, 5.41) is 6.82. The Morgan fingerprint density at radius 2 is 1.96 bits per heavy atom. The van der Waals surface area contributed by atoms with Crippen LogP contribution < -0.4 is 10.1 Å². The van der Waals surface area contributed by atoms with Crippen LogP contribution in [0.15, 0.2) is 28.8 Å². The topological polar surface area (TPSA) is 77.2 Å². The highest BCUT2D eigenvalue weighted by atomic mass is 16.5. The smallest absolute Gasteiger partial charge is 0.226 e. The third-order valence-electron chi connectivity index (χ3n) is 3.31. The molecule has 1 aromatic heterocycles. The summed E-state index contributed by atoms with van der Waals surface area (Å²) in [6.45, 7) is 6.10. The van der Waals surface area contributed by atoms with Crippen molar-refractivity contribution < 1.29 is 14.1 Å². The Morgan fingerprint density at radius 1 is 1.26 bits per heavy atom.